The topological polar surface area (TPSA) is 117 Å². The third-order valence-corrected chi connectivity index (χ3v) is 9.55. The molecule has 7 atom stereocenters. The van der Waals surface area contributed by atoms with Crippen LogP contribution in [0, 0.1) is 11.8 Å². The van der Waals surface area contributed by atoms with E-state index in [0.29, 0.717) is 37.4 Å². The van der Waals surface area contributed by atoms with Crippen molar-refractivity contribution in [3.05, 3.63) is 60.2 Å². The summed E-state index contributed by atoms with van der Waals surface area (Å²) in [7, 11) is 0. The lowest BCUT2D eigenvalue weighted by molar-refractivity contribution is -0.145. The number of carbonyl (C=O) groups excluding carboxylic acids is 3. The van der Waals surface area contributed by atoms with Crippen molar-refractivity contribution in [2.75, 3.05) is 25.1 Å². The molecule has 0 aliphatic carbocycles. The minimum atomic E-state index is -1.18. The van der Waals surface area contributed by atoms with E-state index in [4.69, 9.17) is 9.47 Å². The number of nitrogens with one attached hydrogen (secondary N) is 2. The van der Waals surface area contributed by atoms with Gasteiger partial charge in [0, 0.05) is 17.1 Å². The van der Waals surface area contributed by atoms with E-state index in [1.165, 1.54) is 4.90 Å². The van der Waals surface area contributed by atoms with Crippen molar-refractivity contribution >= 4 is 39.3 Å². The van der Waals surface area contributed by atoms with E-state index in [1.54, 1.807) is 24.3 Å². The molecule has 2 aromatic carbocycles. The Bertz CT molecular complexity index is 1260. The van der Waals surface area contributed by atoms with Crippen LogP contribution in [0.3, 0.4) is 0 Å². The van der Waals surface area contributed by atoms with E-state index < -0.39 is 35.6 Å². The summed E-state index contributed by atoms with van der Waals surface area (Å²) < 4.78 is 12.1. The van der Waals surface area contributed by atoms with E-state index in [9.17, 15) is 19.5 Å². The lowest BCUT2D eigenvalue weighted by Crippen LogP contribution is -2.58. The Morgan fingerprint density at radius 2 is 1.86 bits per heavy atom. The highest BCUT2D eigenvalue weighted by atomic mass is 79.9. The highest BCUT2D eigenvalue weighted by Gasteiger charge is 2.77. The number of anilines is 1. The van der Waals surface area contributed by atoms with Crippen LogP contribution in [0.2, 0.25) is 0 Å². The average Bonchev–Trinajstić information content (AvgIpc) is 3.59. The molecule has 3 unspecified atom stereocenters. The maximum atomic E-state index is 14.4. The standard InChI is InChI=1S/C32H40BrN3O6/c1-3-5-9-16-34-30(39)28-32-18-24(33)27(42-32)25(29(38)35-21-12-14-23(15-13-21)41-4-2)26(32)31(40)36(28)22(19-37)17-20-10-7-6-8-11-20/h6-8,10-15,22,24-28,37H,3-5,9,16-19H2,1-2H3,(H,34,39)(H,35,38)/t22-,24?,25+,26+,27+,28?,32?/m1/s1. The molecule has 3 aliphatic rings. The summed E-state index contributed by atoms with van der Waals surface area (Å²) in [6, 6.07) is 15.0. The molecule has 226 valence electrons. The number of likely N-dealkylation sites (tertiary alicyclic amines) is 1. The van der Waals surface area contributed by atoms with Gasteiger partial charge in [-0.25, -0.2) is 0 Å². The Kier molecular flexibility index (Phi) is 9.54. The van der Waals surface area contributed by atoms with Crippen molar-refractivity contribution in [2.24, 2.45) is 11.8 Å². The molecule has 42 heavy (non-hydrogen) atoms. The Morgan fingerprint density at radius 1 is 1.12 bits per heavy atom. The predicted octanol–water partition coefficient (Wildman–Crippen LogP) is 3.68. The van der Waals surface area contributed by atoms with Gasteiger partial charge in [-0.1, -0.05) is 66.0 Å². The quantitative estimate of drug-likeness (QED) is 0.227. The van der Waals surface area contributed by atoms with Crippen molar-refractivity contribution in [1.29, 1.82) is 0 Å². The number of fused-ring (bicyclic) bond motifs is 1. The van der Waals surface area contributed by atoms with Crippen molar-refractivity contribution < 1.29 is 29.0 Å². The number of aliphatic hydroxyl groups is 1. The van der Waals surface area contributed by atoms with E-state index >= 15 is 0 Å². The smallest absolute Gasteiger partial charge is 0.245 e. The highest BCUT2D eigenvalue weighted by Crippen LogP contribution is 2.60. The van der Waals surface area contributed by atoms with Crippen LogP contribution < -0.4 is 15.4 Å². The number of rotatable bonds is 13. The molecule has 3 N–H and O–H groups in total. The molecule has 3 amide bonds. The third-order valence-electron chi connectivity index (χ3n) is 8.71. The van der Waals surface area contributed by atoms with Crippen LogP contribution in [-0.2, 0) is 25.5 Å². The number of ether oxygens (including phenoxy) is 2. The molecule has 9 nitrogen and oxygen atoms in total. The molecule has 2 aromatic rings. The van der Waals surface area contributed by atoms with Gasteiger partial charge in [-0.15, -0.1) is 0 Å². The van der Waals surface area contributed by atoms with Crippen molar-refractivity contribution in [3.63, 3.8) is 0 Å². The van der Waals surface area contributed by atoms with Crippen LogP contribution in [0.4, 0.5) is 5.69 Å². The van der Waals surface area contributed by atoms with Gasteiger partial charge in [0.05, 0.1) is 37.2 Å². The molecule has 3 aliphatic heterocycles. The SMILES string of the molecule is CCCCCNC(=O)C1N([C@@H](CO)Cc2ccccc2)C(=O)[C@@H]2[C@H](C(=O)Nc3ccc(OCC)cc3)[C@H]3OC12CC3Br. The maximum Gasteiger partial charge on any atom is 0.245 e. The van der Waals surface area contributed by atoms with Gasteiger partial charge in [0.1, 0.15) is 17.4 Å². The summed E-state index contributed by atoms with van der Waals surface area (Å²) in [6.07, 6.45) is 3.03. The number of hydrogen-bond donors (Lipinski definition) is 3. The van der Waals surface area contributed by atoms with Gasteiger partial charge in [0.2, 0.25) is 17.7 Å². The fourth-order valence-electron chi connectivity index (χ4n) is 6.91. The van der Waals surface area contributed by atoms with Crippen LogP contribution >= 0.6 is 15.9 Å². The van der Waals surface area contributed by atoms with E-state index in [0.717, 1.165) is 24.8 Å². The number of aliphatic hydroxyl groups excluding tert-OH is 1. The number of alkyl halides is 1. The average molecular weight is 643 g/mol. The van der Waals surface area contributed by atoms with Gasteiger partial charge in [-0.3, -0.25) is 14.4 Å². The first-order valence-corrected chi connectivity index (χ1v) is 15.9. The van der Waals surface area contributed by atoms with Gasteiger partial charge >= 0.3 is 0 Å². The second-order valence-corrected chi connectivity index (χ2v) is 12.6. The van der Waals surface area contributed by atoms with Gasteiger partial charge in [0.25, 0.3) is 0 Å². The number of hydrogen-bond acceptors (Lipinski definition) is 6. The van der Waals surface area contributed by atoms with Crippen LogP contribution in [0.15, 0.2) is 54.6 Å². The largest absolute Gasteiger partial charge is 0.494 e. The first-order chi connectivity index (χ1) is 20.3. The van der Waals surface area contributed by atoms with Crippen molar-refractivity contribution in [3.8, 4) is 5.75 Å². The molecule has 1 spiro atoms. The van der Waals surface area contributed by atoms with Crippen LogP contribution in [0.5, 0.6) is 5.75 Å². The Morgan fingerprint density at radius 3 is 2.52 bits per heavy atom. The second kappa shape index (κ2) is 13.1. The second-order valence-electron chi connectivity index (χ2n) is 11.4. The molecule has 3 saturated heterocycles. The fraction of sp³-hybridized carbons (Fsp3) is 0.531. The summed E-state index contributed by atoms with van der Waals surface area (Å²) in [5.74, 6) is -1.93. The lowest BCUT2D eigenvalue weighted by Gasteiger charge is -2.37. The minimum absolute atomic E-state index is 0.213. The summed E-state index contributed by atoms with van der Waals surface area (Å²) in [4.78, 5) is 43.5. The molecule has 10 heteroatoms. The number of unbranched alkanes of at least 4 members (excludes halogenated alkanes) is 2. The van der Waals surface area contributed by atoms with E-state index in [2.05, 4.69) is 33.5 Å². The number of carbonyl (C=O) groups is 3. The summed E-state index contributed by atoms with van der Waals surface area (Å²) in [5, 5.41) is 16.6. The molecule has 3 fully saturated rings. The zero-order chi connectivity index (χ0) is 29.9. The Hall–Kier alpha value is -2.95. The molecule has 0 radical (unpaired) electrons. The summed E-state index contributed by atoms with van der Waals surface area (Å²) in [5.41, 5.74) is 0.334. The maximum absolute atomic E-state index is 14.4. The molecule has 3 heterocycles. The summed E-state index contributed by atoms with van der Waals surface area (Å²) in [6.45, 7) is 4.69. The number of halogens is 1. The van der Waals surface area contributed by atoms with Crippen molar-refractivity contribution in [2.45, 2.75) is 74.6 Å². The van der Waals surface area contributed by atoms with E-state index in [-0.39, 0.29) is 29.2 Å². The van der Waals surface area contributed by atoms with Crippen molar-refractivity contribution in [1.82, 2.24) is 10.2 Å². The number of amides is 3. The van der Waals surface area contributed by atoms with Gasteiger partial charge < -0.3 is 30.1 Å². The molecule has 2 bridgehead atoms. The number of nitrogens with zero attached hydrogens (tertiary/aromatic N) is 1. The molecular formula is C32H40BrN3O6. The lowest BCUT2D eigenvalue weighted by atomic mass is 9.70. The van der Waals surface area contributed by atoms with Crippen LogP contribution in [0.25, 0.3) is 0 Å². The first kappa shape index (κ1) is 30.5. The third kappa shape index (κ3) is 5.68. The normalized spacial score (nSPS) is 28.4. The van der Waals surface area contributed by atoms with Gasteiger partial charge in [0.15, 0.2) is 0 Å². The Balaban J connectivity index is 1.46. The van der Waals surface area contributed by atoms with Crippen LogP contribution in [0.1, 0.15) is 45.1 Å². The Labute approximate surface area is 255 Å². The molecule has 5 rings (SSSR count). The van der Waals surface area contributed by atoms with Gasteiger partial charge in [-0.2, -0.15) is 0 Å². The minimum Gasteiger partial charge on any atom is -0.494 e. The van der Waals surface area contributed by atoms with Gasteiger partial charge in [-0.05, 0) is 56.0 Å². The predicted molar refractivity (Wildman–Crippen MR) is 162 cm³/mol. The monoisotopic (exact) mass is 641 g/mol. The zero-order valence-corrected chi connectivity index (χ0v) is 25.7. The van der Waals surface area contributed by atoms with E-state index in [1.807, 2.05) is 37.3 Å². The summed E-state index contributed by atoms with van der Waals surface area (Å²) >= 11 is 3.71. The highest BCUT2D eigenvalue weighted by molar-refractivity contribution is 9.09. The molecule has 0 saturated carbocycles. The fourth-order valence-corrected chi connectivity index (χ4v) is 7.85. The zero-order valence-electron chi connectivity index (χ0n) is 24.1. The molecule has 0 aromatic heterocycles. The van der Waals surface area contributed by atoms with Crippen LogP contribution in [-0.4, -0.2) is 76.1 Å². The number of benzene rings is 2. The molecular weight excluding hydrogens is 602 g/mol. The first-order valence-electron chi connectivity index (χ1n) is 14.9.